The van der Waals surface area contributed by atoms with E-state index in [9.17, 15) is 9.59 Å². The first kappa shape index (κ1) is 9.23. The van der Waals surface area contributed by atoms with Gasteiger partial charge in [-0.2, -0.15) is 0 Å². The Bertz CT molecular complexity index is 201. The Morgan fingerprint density at radius 3 is 2.50 bits per heavy atom. The van der Waals surface area contributed by atoms with Crippen LogP contribution in [0, 0.1) is 0 Å². The fourth-order valence-corrected chi connectivity index (χ4v) is 1.60. The van der Waals surface area contributed by atoms with E-state index in [0.717, 1.165) is 19.4 Å². The minimum Gasteiger partial charge on any atom is -0.333 e. The molecule has 12 heavy (non-hydrogen) atoms. The van der Waals surface area contributed by atoms with E-state index >= 15 is 0 Å². The number of rotatable bonds is 1. The Balaban J connectivity index is 2.59. The molecule has 1 atom stereocenters. The lowest BCUT2D eigenvalue weighted by Crippen LogP contribution is -2.44. The standard InChI is InChI=1S/C9H15NO2/c1-7-5-3-4-6-10(7)9(12)8(2)11/h7H,3-6H2,1-2H3/t7-/m1/s1. The summed E-state index contributed by atoms with van der Waals surface area (Å²) >= 11 is 0. The minimum atomic E-state index is -0.344. The third-order valence-electron chi connectivity index (χ3n) is 2.37. The van der Waals surface area contributed by atoms with Gasteiger partial charge in [-0.25, -0.2) is 0 Å². The number of hydrogen-bond donors (Lipinski definition) is 0. The van der Waals surface area contributed by atoms with E-state index in [1.165, 1.54) is 13.3 Å². The van der Waals surface area contributed by atoms with Crippen molar-refractivity contribution in [2.24, 2.45) is 0 Å². The van der Waals surface area contributed by atoms with Gasteiger partial charge in [0.2, 0.25) is 5.78 Å². The van der Waals surface area contributed by atoms with Gasteiger partial charge in [0.1, 0.15) is 0 Å². The van der Waals surface area contributed by atoms with Gasteiger partial charge in [0.05, 0.1) is 0 Å². The Hall–Kier alpha value is -0.860. The lowest BCUT2D eigenvalue weighted by Gasteiger charge is -2.32. The smallest absolute Gasteiger partial charge is 0.289 e. The molecule has 1 rings (SSSR count). The average molecular weight is 169 g/mol. The summed E-state index contributed by atoms with van der Waals surface area (Å²) in [7, 11) is 0. The van der Waals surface area contributed by atoms with Gasteiger partial charge in [0, 0.05) is 19.5 Å². The number of hydrogen-bond acceptors (Lipinski definition) is 2. The Kier molecular flexibility index (Phi) is 2.84. The SMILES string of the molecule is CC(=O)C(=O)N1CCCC[C@H]1C. The van der Waals surface area contributed by atoms with Crippen molar-refractivity contribution in [3.8, 4) is 0 Å². The Morgan fingerprint density at radius 2 is 2.00 bits per heavy atom. The van der Waals surface area contributed by atoms with E-state index in [-0.39, 0.29) is 17.7 Å². The second-order valence-corrected chi connectivity index (χ2v) is 3.40. The van der Waals surface area contributed by atoms with Crippen molar-refractivity contribution in [2.75, 3.05) is 6.54 Å². The molecule has 0 aromatic rings. The van der Waals surface area contributed by atoms with E-state index in [4.69, 9.17) is 0 Å². The van der Waals surface area contributed by atoms with Crippen molar-refractivity contribution in [3.63, 3.8) is 0 Å². The Labute approximate surface area is 72.7 Å². The zero-order chi connectivity index (χ0) is 9.14. The van der Waals surface area contributed by atoms with Crippen LogP contribution in [-0.4, -0.2) is 29.2 Å². The predicted octanol–water partition coefficient (Wildman–Crippen LogP) is 0.976. The fraction of sp³-hybridized carbons (Fsp3) is 0.778. The van der Waals surface area contributed by atoms with E-state index in [2.05, 4.69) is 0 Å². The highest BCUT2D eigenvalue weighted by Gasteiger charge is 2.25. The zero-order valence-electron chi connectivity index (χ0n) is 7.67. The molecule has 0 bridgehead atoms. The van der Waals surface area contributed by atoms with E-state index in [0.29, 0.717) is 0 Å². The van der Waals surface area contributed by atoms with Crippen molar-refractivity contribution < 1.29 is 9.59 Å². The van der Waals surface area contributed by atoms with Crippen LogP contribution in [0.25, 0.3) is 0 Å². The zero-order valence-corrected chi connectivity index (χ0v) is 7.67. The summed E-state index contributed by atoms with van der Waals surface area (Å²) in [6.45, 7) is 4.09. The van der Waals surface area contributed by atoms with Crippen LogP contribution < -0.4 is 0 Å². The molecule has 1 heterocycles. The van der Waals surface area contributed by atoms with Gasteiger partial charge < -0.3 is 4.90 Å². The quantitative estimate of drug-likeness (QED) is 0.549. The molecular formula is C9H15NO2. The molecule has 0 saturated carbocycles. The van der Waals surface area contributed by atoms with Crippen LogP contribution in [0.3, 0.4) is 0 Å². The average Bonchev–Trinajstić information content (AvgIpc) is 2.04. The van der Waals surface area contributed by atoms with E-state index in [1.807, 2.05) is 6.92 Å². The highest BCUT2D eigenvalue weighted by atomic mass is 16.2. The summed E-state index contributed by atoms with van der Waals surface area (Å²) in [5.74, 6) is -0.661. The Morgan fingerprint density at radius 1 is 1.33 bits per heavy atom. The highest BCUT2D eigenvalue weighted by Crippen LogP contribution is 2.16. The molecule has 1 saturated heterocycles. The molecule has 1 aliphatic rings. The lowest BCUT2D eigenvalue weighted by atomic mass is 10.0. The molecule has 1 aliphatic heterocycles. The molecule has 0 aromatic carbocycles. The number of piperidine rings is 1. The van der Waals surface area contributed by atoms with Crippen molar-refractivity contribution in [1.29, 1.82) is 0 Å². The molecule has 3 heteroatoms. The molecule has 0 spiro atoms. The maximum atomic E-state index is 11.3. The molecular weight excluding hydrogens is 154 g/mol. The number of likely N-dealkylation sites (tertiary alicyclic amines) is 1. The summed E-state index contributed by atoms with van der Waals surface area (Å²) in [5.41, 5.74) is 0. The third kappa shape index (κ3) is 1.84. The molecule has 1 amide bonds. The molecule has 0 aromatic heterocycles. The van der Waals surface area contributed by atoms with Gasteiger partial charge in [-0.15, -0.1) is 0 Å². The monoisotopic (exact) mass is 169 g/mol. The van der Waals surface area contributed by atoms with Gasteiger partial charge in [-0.1, -0.05) is 0 Å². The summed E-state index contributed by atoms with van der Waals surface area (Å²) in [6, 6.07) is 0.246. The van der Waals surface area contributed by atoms with Crippen molar-refractivity contribution in [1.82, 2.24) is 4.90 Å². The number of Topliss-reactive ketones (excluding diaryl/α,β-unsaturated/α-hetero) is 1. The fourth-order valence-electron chi connectivity index (χ4n) is 1.60. The van der Waals surface area contributed by atoms with E-state index in [1.54, 1.807) is 4.90 Å². The molecule has 3 nitrogen and oxygen atoms in total. The molecule has 68 valence electrons. The van der Waals surface area contributed by atoms with E-state index < -0.39 is 0 Å². The summed E-state index contributed by atoms with van der Waals surface area (Å²) in [5, 5.41) is 0. The van der Waals surface area contributed by atoms with Crippen LogP contribution in [0.2, 0.25) is 0 Å². The van der Waals surface area contributed by atoms with Crippen LogP contribution in [0.1, 0.15) is 33.1 Å². The van der Waals surface area contributed by atoms with Crippen molar-refractivity contribution in [3.05, 3.63) is 0 Å². The van der Waals surface area contributed by atoms with Crippen LogP contribution in [0.15, 0.2) is 0 Å². The number of carbonyl (C=O) groups is 2. The second-order valence-electron chi connectivity index (χ2n) is 3.40. The van der Waals surface area contributed by atoms with Gasteiger partial charge in [0.25, 0.3) is 5.91 Å². The van der Waals surface area contributed by atoms with Crippen LogP contribution in [0.4, 0.5) is 0 Å². The first-order valence-corrected chi connectivity index (χ1v) is 4.44. The van der Waals surface area contributed by atoms with Gasteiger partial charge in [0.15, 0.2) is 0 Å². The number of nitrogens with zero attached hydrogens (tertiary/aromatic N) is 1. The first-order valence-electron chi connectivity index (χ1n) is 4.44. The van der Waals surface area contributed by atoms with Crippen molar-refractivity contribution in [2.45, 2.75) is 39.2 Å². The predicted molar refractivity (Wildman–Crippen MR) is 45.7 cm³/mol. The van der Waals surface area contributed by atoms with Gasteiger partial charge in [-0.05, 0) is 26.2 Å². The van der Waals surface area contributed by atoms with Crippen LogP contribution >= 0.6 is 0 Å². The van der Waals surface area contributed by atoms with Crippen LogP contribution in [0.5, 0.6) is 0 Å². The summed E-state index contributed by atoms with van der Waals surface area (Å²) < 4.78 is 0. The lowest BCUT2D eigenvalue weighted by molar-refractivity contribution is -0.145. The molecule has 0 unspecified atom stereocenters. The van der Waals surface area contributed by atoms with Gasteiger partial charge in [-0.3, -0.25) is 9.59 Å². The molecule has 0 N–H and O–H groups in total. The maximum Gasteiger partial charge on any atom is 0.289 e. The second kappa shape index (κ2) is 3.70. The highest BCUT2D eigenvalue weighted by molar-refractivity contribution is 6.35. The third-order valence-corrected chi connectivity index (χ3v) is 2.37. The molecule has 0 aliphatic carbocycles. The number of amides is 1. The molecule has 0 radical (unpaired) electrons. The van der Waals surface area contributed by atoms with Crippen molar-refractivity contribution >= 4 is 11.7 Å². The summed E-state index contributed by atoms with van der Waals surface area (Å²) in [4.78, 5) is 23.8. The van der Waals surface area contributed by atoms with Gasteiger partial charge >= 0.3 is 0 Å². The minimum absolute atomic E-state index is 0.246. The topological polar surface area (TPSA) is 37.4 Å². The number of carbonyl (C=O) groups excluding carboxylic acids is 2. The first-order chi connectivity index (χ1) is 5.63. The summed E-state index contributed by atoms with van der Waals surface area (Å²) in [6.07, 6.45) is 3.23. The maximum absolute atomic E-state index is 11.3. The normalized spacial score (nSPS) is 23.8. The van der Waals surface area contributed by atoms with Crippen LogP contribution in [-0.2, 0) is 9.59 Å². The molecule has 1 fully saturated rings. The number of ketones is 1. The largest absolute Gasteiger partial charge is 0.333 e.